The summed E-state index contributed by atoms with van der Waals surface area (Å²) in [6, 6.07) is 5.64. The van der Waals surface area contributed by atoms with Crippen molar-refractivity contribution in [3.05, 3.63) is 29.8 Å². The van der Waals surface area contributed by atoms with Crippen LogP contribution in [-0.4, -0.2) is 19.2 Å². The van der Waals surface area contributed by atoms with Gasteiger partial charge in [-0.3, -0.25) is 0 Å². The molecule has 0 aliphatic rings. The van der Waals surface area contributed by atoms with Crippen LogP contribution in [0.1, 0.15) is 39.2 Å². The first-order chi connectivity index (χ1) is 9.80. The van der Waals surface area contributed by atoms with Gasteiger partial charge in [0.2, 0.25) is 0 Å². The van der Waals surface area contributed by atoms with E-state index >= 15 is 0 Å². The Balaban J connectivity index is 2.37. The van der Waals surface area contributed by atoms with Crippen LogP contribution >= 0.6 is 0 Å². The number of ether oxygens (including phenoxy) is 1. The van der Waals surface area contributed by atoms with Gasteiger partial charge >= 0.3 is 6.18 Å². The molecule has 2 nitrogen and oxygen atoms in total. The third-order valence-electron chi connectivity index (χ3n) is 3.22. The predicted molar refractivity (Wildman–Crippen MR) is 78.5 cm³/mol. The van der Waals surface area contributed by atoms with Crippen molar-refractivity contribution in [1.82, 2.24) is 5.32 Å². The number of alkyl halides is 3. The lowest BCUT2D eigenvalue weighted by atomic mass is 10.0. The van der Waals surface area contributed by atoms with Gasteiger partial charge in [-0.1, -0.05) is 26.0 Å². The van der Waals surface area contributed by atoms with E-state index < -0.39 is 11.7 Å². The Labute approximate surface area is 124 Å². The highest BCUT2D eigenvalue weighted by Crippen LogP contribution is 2.35. The highest BCUT2D eigenvalue weighted by molar-refractivity contribution is 5.35. The third-order valence-corrected chi connectivity index (χ3v) is 3.22. The van der Waals surface area contributed by atoms with Gasteiger partial charge in [0.05, 0.1) is 5.56 Å². The summed E-state index contributed by atoms with van der Waals surface area (Å²) in [7, 11) is 0. The van der Waals surface area contributed by atoms with Crippen molar-refractivity contribution in [3.8, 4) is 5.75 Å². The SMILES string of the molecule is CC(C)CCC(C)NCCOc1ccccc1C(F)(F)F. The number of para-hydroxylation sites is 1. The molecule has 0 bridgehead atoms. The highest BCUT2D eigenvalue weighted by atomic mass is 19.4. The van der Waals surface area contributed by atoms with Gasteiger partial charge in [-0.05, 0) is 37.8 Å². The molecule has 1 rings (SSSR count). The van der Waals surface area contributed by atoms with Gasteiger partial charge in [0.1, 0.15) is 12.4 Å². The second-order valence-corrected chi connectivity index (χ2v) is 5.67. The maximum atomic E-state index is 12.8. The number of hydrogen-bond acceptors (Lipinski definition) is 2. The zero-order valence-corrected chi connectivity index (χ0v) is 12.8. The van der Waals surface area contributed by atoms with Crippen LogP contribution in [0.3, 0.4) is 0 Å². The molecule has 21 heavy (non-hydrogen) atoms. The van der Waals surface area contributed by atoms with Crippen LogP contribution in [0.2, 0.25) is 0 Å². The van der Waals surface area contributed by atoms with E-state index in [0.29, 0.717) is 18.5 Å². The summed E-state index contributed by atoms with van der Waals surface area (Å²) in [6.07, 6.45) is -2.20. The fraction of sp³-hybridized carbons (Fsp3) is 0.625. The van der Waals surface area contributed by atoms with Crippen LogP contribution in [0, 0.1) is 5.92 Å². The molecule has 0 fully saturated rings. The van der Waals surface area contributed by atoms with E-state index in [9.17, 15) is 13.2 Å². The smallest absolute Gasteiger partial charge is 0.419 e. The number of nitrogens with one attached hydrogen (secondary N) is 1. The van der Waals surface area contributed by atoms with Gasteiger partial charge in [0, 0.05) is 12.6 Å². The molecule has 1 atom stereocenters. The van der Waals surface area contributed by atoms with Crippen molar-refractivity contribution in [3.63, 3.8) is 0 Å². The molecule has 120 valence electrons. The largest absolute Gasteiger partial charge is 0.492 e. The Morgan fingerprint density at radius 1 is 1.10 bits per heavy atom. The van der Waals surface area contributed by atoms with Gasteiger partial charge in [0.25, 0.3) is 0 Å². The zero-order chi connectivity index (χ0) is 15.9. The quantitative estimate of drug-likeness (QED) is 0.714. The number of benzene rings is 1. The Kier molecular flexibility index (Phi) is 7.02. The first-order valence-electron chi connectivity index (χ1n) is 7.33. The number of halogens is 3. The van der Waals surface area contributed by atoms with Gasteiger partial charge in [-0.15, -0.1) is 0 Å². The molecule has 0 aliphatic heterocycles. The van der Waals surface area contributed by atoms with E-state index in [-0.39, 0.29) is 12.4 Å². The zero-order valence-electron chi connectivity index (χ0n) is 12.8. The summed E-state index contributed by atoms with van der Waals surface area (Å²) in [5, 5.41) is 3.26. The van der Waals surface area contributed by atoms with Crippen molar-refractivity contribution in [2.45, 2.75) is 45.8 Å². The van der Waals surface area contributed by atoms with Crippen LogP contribution in [0.25, 0.3) is 0 Å². The van der Waals surface area contributed by atoms with Crippen molar-refractivity contribution >= 4 is 0 Å². The third kappa shape index (κ3) is 6.85. The maximum Gasteiger partial charge on any atom is 0.419 e. The van der Waals surface area contributed by atoms with Gasteiger partial charge in [-0.25, -0.2) is 0 Å². The Morgan fingerprint density at radius 2 is 1.76 bits per heavy atom. The minimum absolute atomic E-state index is 0.110. The molecule has 0 saturated carbocycles. The number of hydrogen-bond donors (Lipinski definition) is 1. The molecule has 0 aliphatic carbocycles. The minimum Gasteiger partial charge on any atom is -0.492 e. The molecule has 0 heterocycles. The maximum absolute atomic E-state index is 12.8. The molecule has 0 aromatic heterocycles. The number of rotatable bonds is 8. The lowest BCUT2D eigenvalue weighted by Gasteiger charge is -2.17. The van der Waals surface area contributed by atoms with Crippen molar-refractivity contribution < 1.29 is 17.9 Å². The molecule has 1 aromatic carbocycles. The van der Waals surface area contributed by atoms with E-state index in [1.807, 2.05) is 0 Å². The normalized spacial score (nSPS) is 13.5. The average Bonchev–Trinajstić information content (AvgIpc) is 2.40. The van der Waals surface area contributed by atoms with Crippen LogP contribution in [-0.2, 0) is 6.18 Å². The molecular formula is C16H24F3NO. The molecule has 1 N–H and O–H groups in total. The fourth-order valence-electron chi connectivity index (χ4n) is 1.98. The summed E-state index contributed by atoms with van der Waals surface area (Å²) in [6.45, 7) is 7.17. The Morgan fingerprint density at radius 3 is 2.38 bits per heavy atom. The Hall–Kier alpha value is -1.23. The molecule has 0 radical (unpaired) electrons. The molecule has 1 aromatic rings. The second-order valence-electron chi connectivity index (χ2n) is 5.67. The summed E-state index contributed by atoms with van der Waals surface area (Å²) in [5.74, 6) is 0.547. The summed E-state index contributed by atoms with van der Waals surface area (Å²) in [4.78, 5) is 0. The van der Waals surface area contributed by atoms with E-state index in [0.717, 1.165) is 18.9 Å². The average molecular weight is 303 g/mol. The first kappa shape index (κ1) is 17.8. The molecule has 5 heteroatoms. The molecular weight excluding hydrogens is 279 g/mol. The van der Waals surface area contributed by atoms with E-state index in [2.05, 4.69) is 26.1 Å². The van der Waals surface area contributed by atoms with Crippen molar-refractivity contribution in [2.24, 2.45) is 5.92 Å². The first-order valence-corrected chi connectivity index (χ1v) is 7.33. The molecule has 0 spiro atoms. The van der Waals surface area contributed by atoms with Gasteiger partial charge in [0.15, 0.2) is 0 Å². The summed E-state index contributed by atoms with van der Waals surface area (Å²) < 4.78 is 43.6. The van der Waals surface area contributed by atoms with Crippen molar-refractivity contribution in [1.29, 1.82) is 0 Å². The topological polar surface area (TPSA) is 21.3 Å². The van der Waals surface area contributed by atoms with E-state index in [4.69, 9.17) is 4.74 Å². The lowest BCUT2D eigenvalue weighted by Crippen LogP contribution is -2.30. The van der Waals surface area contributed by atoms with Gasteiger partial charge in [-0.2, -0.15) is 13.2 Å². The van der Waals surface area contributed by atoms with E-state index in [1.54, 1.807) is 6.07 Å². The van der Waals surface area contributed by atoms with Crippen LogP contribution in [0.5, 0.6) is 5.75 Å². The lowest BCUT2D eigenvalue weighted by molar-refractivity contribution is -0.138. The summed E-state index contributed by atoms with van der Waals surface area (Å²) in [5.41, 5.74) is -0.724. The van der Waals surface area contributed by atoms with E-state index in [1.165, 1.54) is 12.1 Å². The minimum atomic E-state index is -4.38. The van der Waals surface area contributed by atoms with Crippen molar-refractivity contribution in [2.75, 3.05) is 13.2 Å². The van der Waals surface area contributed by atoms with Crippen LogP contribution < -0.4 is 10.1 Å². The predicted octanol–water partition coefficient (Wildman–Crippen LogP) is 4.50. The van der Waals surface area contributed by atoms with Gasteiger partial charge < -0.3 is 10.1 Å². The monoisotopic (exact) mass is 303 g/mol. The molecule has 0 amide bonds. The highest BCUT2D eigenvalue weighted by Gasteiger charge is 2.33. The summed E-state index contributed by atoms with van der Waals surface area (Å²) >= 11 is 0. The molecule has 1 unspecified atom stereocenters. The van der Waals surface area contributed by atoms with Crippen LogP contribution in [0.4, 0.5) is 13.2 Å². The van der Waals surface area contributed by atoms with Crippen LogP contribution in [0.15, 0.2) is 24.3 Å². The second kappa shape index (κ2) is 8.27. The molecule has 0 saturated heterocycles. The fourth-order valence-corrected chi connectivity index (χ4v) is 1.98. The standard InChI is InChI=1S/C16H24F3NO/c1-12(2)8-9-13(3)20-10-11-21-15-7-5-4-6-14(15)16(17,18)19/h4-7,12-13,20H,8-11H2,1-3H3. The Bertz CT molecular complexity index is 418.